The minimum Gasteiger partial charge on any atom is -0.462 e. The van der Waals surface area contributed by atoms with Crippen LogP contribution >= 0.6 is 0 Å². The second-order valence-corrected chi connectivity index (χ2v) is 8.33. The normalized spacial score (nSPS) is 13.9. The van der Waals surface area contributed by atoms with Crippen LogP contribution < -0.4 is 15.5 Å². The van der Waals surface area contributed by atoms with Gasteiger partial charge in [-0.1, -0.05) is 36.4 Å². The Labute approximate surface area is 193 Å². The molecule has 2 aromatic heterocycles. The van der Waals surface area contributed by atoms with Gasteiger partial charge >= 0.3 is 0 Å². The summed E-state index contributed by atoms with van der Waals surface area (Å²) in [5.41, 5.74) is 7.87. The molecule has 0 saturated carbocycles. The molecule has 0 aliphatic carbocycles. The number of fused-ring (bicyclic) bond motifs is 1. The van der Waals surface area contributed by atoms with Gasteiger partial charge in [-0.15, -0.1) is 0 Å². The molecule has 6 nitrogen and oxygen atoms in total. The van der Waals surface area contributed by atoms with Crippen molar-refractivity contribution in [3.8, 4) is 22.3 Å². The Bertz CT molecular complexity index is 1260. The van der Waals surface area contributed by atoms with E-state index in [0.717, 1.165) is 65.1 Å². The highest BCUT2D eigenvalue weighted by Crippen LogP contribution is 2.32. The van der Waals surface area contributed by atoms with Crippen LogP contribution in [-0.4, -0.2) is 43.6 Å². The molecule has 2 N–H and O–H groups in total. The largest absolute Gasteiger partial charge is 0.462 e. The van der Waals surface area contributed by atoms with Crippen LogP contribution in [0.4, 0.5) is 5.69 Å². The first-order valence-electron chi connectivity index (χ1n) is 11.5. The summed E-state index contributed by atoms with van der Waals surface area (Å²) in [7, 11) is 0. The summed E-state index contributed by atoms with van der Waals surface area (Å²) in [5, 5.41) is 6.24. The van der Waals surface area contributed by atoms with Crippen LogP contribution in [0.2, 0.25) is 0 Å². The van der Waals surface area contributed by atoms with Gasteiger partial charge in [0.15, 0.2) is 5.58 Å². The average molecular weight is 441 g/mol. The van der Waals surface area contributed by atoms with E-state index in [1.807, 2.05) is 43.5 Å². The number of furan rings is 1. The molecule has 0 unspecified atom stereocenters. The lowest BCUT2D eigenvalue weighted by Gasteiger charge is -2.29. The summed E-state index contributed by atoms with van der Waals surface area (Å²) >= 11 is 0. The Morgan fingerprint density at radius 2 is 1.88 bits per heavy atom. The van der Waals surface area contributed by atoms with Crippen LogP contribution in [0.5, 0.6) is 0 Å². The number of amides is 1. The van der Waals surface area contributed by atoms with Crippen LogP contribution in [0.3, 0.4) is 0 Å². The van der Waals surface area contributed by atoms with E-state index in [0.29, 0.717) is 13.0 Å². The number of anilines is 1. The average Bonchev–Trinajstić information content (AvgIpc) is 3.28. The molecule has 33 heavy (non-hydrogen) atoms. The number of carbonyl (C=O) groups is 1. The summed E-state index contributed by atoms with van der Waals surface area (Å²) in [6, 6.07) is 18.7. The summed E-state index contributed by atoms with van der Waals surface area (Å²) in [5.74, 6) is 0.0254. The van der Waals surface area contributed by atoms with Crippen molar-refractivity contribution in [1.29, 1.82) is 0 Å². The molecule has 0 spiro atoms. The number of nitrogens with one attached hydrogen (secondary N) is 2. The van der Waals surface area contributed by atoms with E-state index in [1.165, 1.54) is 5.69 Å². The lowest BCUT2D eigenvalue weighted by atomic mass is 10.0. The number of aromatic nitrogens is 1. The molecule has 1 aliphatic rings. The Morgan fingerprint density at radius 3 is 2.67 bits per heavy atom. The van der Waals surface area contributed by atoms with Crippen molar-refractivity contribution in [2.24, 2.45) is 0 Å². The second-order valence-electron chi connectivity index (χ2n) is 8.33. The van der Waals surface area contributed by atoms with Crippen molar-refractivity contribution in [3.05, 3.63) is 72.6 Å². The highest BCUT2D eigenvalue weighted by atomic mass is 16.3. The van der Waals surface area contributed by atoms with Gasteiger partial charge in [-0.3, -0.25) is 9.78 Å². The Morgan fingerprint density at radius 1 is 1.06 bits per heavy atom. The molecule has 1 saturated heterocycles. The minimum absolute atomic E-state index is 0.0254. The van der Waals surface area contributed by atoms with Crippen LogP contribution in [0, 0.1) is 0 Å². The molecule has 3 heterocycles. The zero-order chi connectivity index (χ0) is 22.6. The topological polar surface area (TPSA) is 70.4 Å². The van der Waals surface area contributed by atoms with Crippen molar-refractivity contribution in [1.82, 2.24) is 15.6 Å². The Kier molecular flexibility index (Phi) is 6.09. The van der Waals surface area contributed by atoms with Crippen molar-refractivity contribution < 1.29 is 9.21 Å². The van der Waals surface area contributed by atoms with Crippen molar-refractivity contribution in [2.75, 3.05) is 37.6 Å². The molecule has 0 radical (unpaired) electrons. The third-order valence-corrected chi connectivity index (χ3v) is 6.07. The maximum atomic E-state index is 12.0. The molecule has 168 valence electrons. The molecule has 0 atom stereocenters. The number of benzene rings is 2. The number of carbonyl (C=O) groups excluding carboxylic acids is 1. The SMILES string of the molecule is CCNC(=O)Cc1cccc(-c2coc3cc(-c4ccc(N5CCNCC5)cc4)cnc23)c1. The van der Waals surface area contributed by atoms with Gasteiger partial charge in [0.05, 0.1) is 6.42 Å². The van der Waals surface area contributed by atoms with Gasteiger partial charge in [0.2, 0.25) is 5.91 Å². The molecule has 6 heteroatoms. The first-order chi connectivity index (χ1) is 16.2. The van der Waals surface area contributed by atoms with Crippen LogP contribution in [0.15, 0.2) is 71.5 Å². The van der Waals surface area contributed by atoms with Gasteiger partial charge in [0, 0.05) is 55.7 Å². The van der Waals surface area contributed by atoms with Crippen molar-refractivity contribution in [2.45, 2.75) is 13.3 Å². The highest BCUT2D eigenvalue weighted by molar-refractivity contribution is 5.93. The number of piperazine rings is 1. The second kappa shape index (κ2) is 9.46. The maximum Gasteiger partial charge on any atom is 0.224 e. The van der Waals surface area contributed by atoms with E-state index >= 15 is 0 Å². The Balaban J connectivity index is 1.38. The zero-order valence-corrected chi connectivity index (χ0v) is 18.8. The van der Waals surface area contributed by atoms with Gasteiger partial charge in [-0.05, 0) is 41.8 Å². The molecular formula is C27H28N4O2. The smallest absolute Gasteiger partial charge is 0.224 e. The maximum absolute atomic E-state index is 12.0. The van der Waals surface area contributed by atoms with Gasteiger partial charge in [-0.25, -0.2) is 0 Å². The van der Waals surface area contributed by atoms with Crippen LogP contribution in [-0.2, 0) is 11.2 Å². The van der Waals surface area contributed by atoms with Gasteiger partial charge in [0.25, 0.3) is 0 Å². The fourth-order valence-corrected chi connectivity index (χ4v) is 4.36. The fraction of sp³-hybridized carbons (Fsp3) is 0.259. The van der Waals surface area contributed by atoms with E-state index in [4.69, 9.17) is 9.40 Å². The highest BCUT2D eigenvalue weighted by Gasteiger charge is 2.14. The van der Waals surface area contributed by atoms with E-state index in [1.54, 1.807) is 6.26 Å². The predicted molar refractivity (Wildman–Crippen MR) is 132 cm³/mol. The molecule has 2 aromatic carbocycles. The number of hydrogen-bond donors (Lipinski definition) is 2. The van der Waals surface area contributed by atoms with Gasteiger partial charge < -0.3 is 20.0 Å². The summed E-state index contributed by atoms with van der Waals surface area (Å²) < 4.78 is 5.89. The molecule has 1 amide bonds. The number of hydrogen-bond acceptors (Lipinski definition) is 5. The summed E-state index contributed by atoms with van der Waals surface area (Å²) in [4.78, 5) is 19.1. The number of pyridine rings is 1. The van der Waals surface area contributed by atoms with E-state index < -0.39 is 0 Å². The van der Waals surface area contributed by atoms with Crippen molar-refractivity contribution in [3.63, 3.8) is 0 Å². The van der Waals surface area contributed by atoms with Gasteiger partial charge in [-0.2, -0.15) is 0 Å². The summed E-state index contributed by atoms with van der Waals surface area (Å²) in [6.45, 7) is 6.68. The fourth-order valence-electron chi connectivity index (χ4n) is 4.36. The lowest BCUT2D eigenvalue weighted by Crippen LogP contribution is -2.43. The van der Waals surface area contributed by atoms with Crippen LogP contribution in [0.25, 0.3) is 33.4 Å². The third kappa shape index (κ3) is 4.61. The first-order valence-corrected chi connectivity index (χ1v) is 11.5. The van der Waals surface area contributed by atoms with E-state index in [-0.39, 0.29) is 5.91 Å². The van der Waals surface area contributed by atoms with E-state index in [2.05, 4.69) is 39.8 Å². The minimum atomic E-state index is 0.0254. The molecule has 4 aromatic rings. The number of likely N-dealkylation sites (N-methyl/N-ethyl adjacent to an activating group) is 1. The van der Waals surface area contributed by atoms with E-state index in [9.17, 15) is 4.79 Å². The molecule has 1 aliphatic heterocycles. The quantitative estimate of drug-likeness (QED) is 0.469. The first kappa shape index (κ1) is 21.2. The number of nitrogens with zero attached hydrogens (tertiary/aromatic N) is 2. The lowest BCUT2D eigenvalue weighted by molar-refractivity contribution is -0.120. The third-order valence-electron chi connectivity index (χ3n) is 6.07. The predicted octanol–water partition coefficient (Wildman–Crippen LogP) is 4.25. The van der Waals surface area contributed by atoms with Crippen molar-refractivity contribution >= 4 is 22.7 Å². The monoisotopic (exact) mass is 440 g/mol. The van der Waals surface area contributed by atoms with Crippen LogP contribution in [0.1, 0.15) is 12.5 Å². The zero-order valence-electron chi connectivity index (χ0n) is 18.8. The van der Waals surface area contributed by atoms with Gasteiger partial charge in [0.1, 0.15) is 11.8 Å². The molecule has 5 rings (SSSR count). The summed E-state index contributed by atoms with van der Waals surface area (Å²) in [6.07, 6.45) is 4.01. The number of rotatable bonds is 6. The Hall–Kier alpha value is -3.64. The molecule has 0 bridgehead atoms. The standard InChI is InChI=1S/C27H28N4O2/c1-2-29-26(32)15-19-4-3-5-21(14-19)24-18-33-25-16-22(17-30-27(24)25)20-6-8-23(9-7-20)31-12-10-28-11-13-31/h3-9,14,16-18,28H,2,10-13,15H2,1H3,(H,29,32). The molecular weight excluding hydrogens is 412 g/mol. The molecule has 1 fully saturated rings.